The van der Waals surface area contributed by atoms with Gasteiger partial charge in [0.1, 0.15) is 17.5 Å². The zero-order chi connectivity index (χ0) is 16.8. The fourth-order valence-corrected chi connectivity index (χ4v) is 1.92. The quantitative estimate of drug-likeness (QED) is 0.509. The minimum Gasteiger partial charge on any atom is -0.357 e. The minimum atomic E-state index is -0.696. The van der Waals surface area contributed by atoms with E-state index in [4.69, 9.17) is 12.2 Å². The van der Waals surface area contributed by atoms with E-state index in [1.54, 1.807) is 19.1 Å². The first-order chi connectivity index (χ1) is 11.0. The van der Waals surface area contributed by atoms with Crippen molar-refractivity contribution >= 4 is 23.0 Å². The summed E-state index contributed by atoms with van der Waals surface area (Å²) in [7, 11) is 0. The maximum atomic E-state index is 13.6. The molecule has 0 aliphatic rings. The maximum absolute atomic E-state index is 13.6. The lowest BCUT2D eigenvalue weighted by Crippen LogP contribution is -2.32. The van der Waals surface area contributed by atoms with Crippen LogP contribution in [0.2, 0.25) is 0 Å². The van der Waals surface area contributed by atoms with Crippen LogP contribution in [0.25, 0.3) is 0 Å². The maximum Gasteiger partial charge on any atom is 0.187 e. The van der Waals surface area contributed by atoms with Gasteiger partial charge < -0.3 is 5.32 Å². The molecule has 0 saturated carbocycles. The summed E-state index contributed by atoms with van der Waals surface area (Å²) >= 11 is 5.04. The first-order valence-corrected chi connectivity index (χ1v) is 7.14. The van der Waals surface area contributed by atoms with Crippen molar-refractivity contribution in [1.82, 2.24) is 10.7 Å². The highest BCUT2D eigenvalue weighted by Crippen LogP contribution is 2.10. The lowest BCUT2D eigenvalue weighted by atomic mass is 10.1. The van der Waals surface area contributed by atoms with Gasteiger partial charge in [0, 0.05) is 18.2 Å². The smallest absolute Gasteiger partial charge is 0.187 e. The summed E-state index contributed by atoms with van der Waals surface area (Å²) in [5.41, 5.74) is 3.93. The fourth-order valence-electron chi connectivity index (χ4n) is 1.80. The van der Waals surface area contributed by atoms with E-state index in [2.05, 4.69) is 15.8 Å². The molecule has 0 aliphatic heterocycles. The van der Waals surface area contributed by atoms with Crippen LogP contribution in [0.4, 0.5) is 13.2 Å². The predicted molar refractivity (Wildman–Crippen MR) is 87.5 cm³/mol. The second-order valence-electron chi connectivity index (χ2n) is 4.74. The van der Waals surface area contributed by atoms with Gasteiger partial charge in [0.15, 0.2) is 5.11 Å². The molecule has 0 bridgehead atoms. The first kappa shape index (κ1) is 17.0. The number of rotatable bonds is 4. The Morgan fingerprint density at radius 2 is 1.70 bits per heavy atom. The Morgan fingerprint density at radius 1 is 1.04 bits per heavy atom. The van der Waals surface area contributed by atoms with E-state index in [9.17, 15) is 13.2 Å². The van der Waals surface area contributed by atoms with Gasteiger partial charge in [-0.2, -0.15) is 5.10 Å². The highest BCUT2D eigenvalue weighted by atomic mass is 32.1. The third-order valence-corrected chi connectivity index (χ3v) is 3.25. The van der Waals surface area contributed by atoms with Crippen LogP contribution in [0.3, 0.4) is 0 Å². The molecule has 2 rings (SSSR count). The Morgan fingerprint density at radius 3 is 2.35 bits per heavy atom. The van der Waals surface area contributed by atoms with E-state index < -0.39 is 11.6 Å². The van der Waals surface area contributed by atoms with Gasteiger partial charge in [0.05, 0.1) is 5.71 Å². The van der Waals surface area contributed by atoms with E-state index in [-0.39, 0.29) is 16.5 Å². The van der Waals surface area contributed by atoms with E-state index in [1.165, 1.54) is 18.2 Å². The number of hydrogen-bond donors (Lipinski definition) is 2. The number of hydrazone groups is 1. The summed E-state index contributed by atoms with van der Waals surface area (Å²) in [5, 5.41) is 7.07. The second-order valence-corrected chi connectivity index (χ2v) is 5.15. The molecule has 23 heavy (non-hydrogen) atoms. The van der Waals surface area contributed by atoms with Gasteiger partial charge in [-0.05, 0) is 49.0 Å². The molecule has 2 N–H and O–H groups in total. The van der Waals surface area contributed by atoms with Crippen molar-refractivity contribution in [2.24, 2.45) is 5.10 Å². The van der Waals surface area contributed by atoms with Crippen LogP contribution in [0, 0.1) is 17.5 Å². The van der Waals surface area contributed by atoms with Gasteiger partial charge in [-0.15, -0.1) is 0 Å². The van der Waals surface area contributed by atoms with Gasteiger partial charge in [0.2, 0.25) is 0 Å². The molecule has 0 aromatic heterocycles. The number of halogens is 3. The highest BCUT2D eigenvalue weighted by molar-refractivity contribution is 7.80. The molecule has 7 heteroatoms. The summed E-state index contributed by atoms with van der Waals surface area (Å²) in [5.74, 6) is -1.65. The molecule has 0 heterocycles. The first-order valence-electron chi connectivity index (χ1n) is 6.73. The van der Waals surface area contributed by atoms with Crippen LogP contribution in [0.1, 0.15) is 18.1 Å². The molecule has 0 radical (unpaired) electrons. The zero-order valence-electron chi connectivity index (χ0n) is 12.2. The number of hydrogen-bond acceptors (Lipinski definition) is 2. The Bertz CT molecular complexity index is 730. The molecule has 0 saturated heterocycles. The van der Waals surface area contributed by atoms with Crippen LogP contribution in [0.15, 0.2) is 47.6 Å². The normalized spacial score (nSPS) is 11.2. The van der Waals surface area contributed by atoms with Crippen molar-refractivity contribution in [3.05, 3.63) is 71.0 Å². The molecule has 0 unspecified atom stereocenters. The van der Waals surface area contributed by atoms with E-state index in [1.807, 2.05) is 0 Å². The Hall–Kier alpha value is -2.41. The molecule has 0 aliphatic carbocycles. The number of thiocarbonyl (C=S) groups is 1. The van der Waals surface area contributed by atoms with Gasteiger partial charge >= 0.3 is 0 Å². The zero-order valence-corrected chi connectivity index (χ0v) is 13.1. The van der Waals surface area contributed by atoms with E-state index in [0.717, 1.165) is 17.7 Å². The van der Waals surface area contributed by atoms with Gasteiger partial charge in [-0.1, -0.05) is 12.1 Å². The summed E-state index contributed by atoms with van der Waals surface area (Å²) in [6.07, 6.45) is 0. The summed E-state index contributed by atoms with van der Waals surface area (Å²) in [4.78, 5) is 0. The van der Waals surface area contributed by atoms with Crippen molar-refractivity contribution in [3.63, 3.8) is 0 Å². The number of nitrogens with zero attached hydrogens (tertiary/aromatic N) is 1. The predicted octanol–water partition coefficient (Wildman–Crippen LogP) is 3.49. The summed E-state index contributed by atoms with van der Waals surface area (Å²) in [6.45, 7) is 1.97. The van der Waals surface area contributed by atoms with Crippen LogP contribution >= 0.6 is 12.2 Å². The molecular formula is C16H14F3N3S. The molecule has 0 fully saturated rings. The average Bonchev–Trinajstić information content (AvgIpc) is 2.52. The minimum absolute atomic E-state index is 0.181. The third-order valence-electron chi connectivity index (χ3n) is 3.01. The molecule has 0 amide bonds. The Kier molecular flexibility index (Phi) is 5.70. The Balaban J connectivity index is 1.90. The fraction of sp³-hybridized carbons (Fsp3) is 0.125. The molecule has 2 aromatic rings. The van der Waals surface area contributed by atoms with Gasteiger partial charge in [-0.3, -0.25) is 5.43 Å². The average molecular weight is 337 g/mol. The van der Waals surface area contributed by atoms with Crippen molar-refractivity contribution in [2.45, 2.75) is 13.5 Å². The second kappa shape index (κ2) is 7.73. The van der Waals surface area contributed by atoms with E-state index in [0.29, 0.717) is 12.3 Å². The lowest BCUT2D eigenvalue weighted by Gasteiger charge is -2.08. The summed E-state index contributed by atoms with van der Waals surface area (Å²) < 4.78 is 39.2. The van der Waals surface area contributed by atoms with Crippen LogP contribution in [-0.2, 0) is 6.54 Å². The number of benzene rings is 2. The van der Waals surface area contributed by atoms with Crippen molar-refractivity contribution in [3.8, 4) is 0 Å². The van der Waals surface area contributed by atoms with Crippen LogP contribution in [0.5, 0.6) is 0 Å². The van der Waals surface area contributed by atoms with Crippen molar-refractivity contribution < 1.29 is 13.2 Å². The molecule has 2 aromatic carbocycles. The molecule has 120 valence electrons. The molecule has 0 spiro atoms. The monoisotopic (exact) mass is 337 g/mol. The largest absolute Gasteiger partial charge is 0.357 e. The molecule has 3 nitrogen and oxygen atoms in total. The Labute approximate surface area is 137 Å². The molecular weight excluding hydrogens is 323 g/mol. The SMILES string of the molecule is C/C(=N/NC(=S)NCc1ccc(F)cc1)c1ccc(F)cc1F. The lowest BCUT2D eigenvalue weighted by molar-refractivity contribution is 0.581. The molecule has 0 atom stereocenters. The van der Waals surface area contributed by atoms with E-state index >= 15 is 0 Å². The standard InChI is InChI=1S/C16H14F3N3S/c1-10(14-7-6-13(18)8-15(14)19)21-22-16(23)20-9-11-2-4-12(17)5-3-11/h2-8H,9H2,1H3,(H2,20,22,23)/b21-10-. The third kappa shape index (κ3) is 5.07. The van der Waals surface area contributed by atoms with Crippen LogP contribution in [-0.4, -0.2) is 10.8 Å². The van der Waals surface area contributed by atoms with Crippen molar-refractivity contribution in [1.29, 1.82) is 0 Å². The van der Waals surface area contributed by atoms with Gasteiger partial charge in [-0.25, -0.2) is 13.2 Å². The number of nitrogens with one attached hydrogen (secondary N) is 2. The van der Waals surface area contributed by atoms with Crippen molar-refractivity contribution in [2.75, 3.05) is 0 Å². The van der Waals surface area contributed by atoms with Crippen LogP contribution < -0.4 is 10.7 Å². The summed E-state index contributed by atoms with van der Waals surface area (Å²) in [6, 6.07) is 9.23. The van der Waals surface area contributed by atoms with Gasteiger partial charge in [0.25, 0.3) is 0 Å². The topological polar surface area (TPSA) is 36.4 Å². The highest BCUT2D eigenvalue weighted by Gasteiger charge is 2.07.